The average Bonchev–Trinajstić information content (AvgIpc) is 2.50. The number of nitrogens with one attached hydrogen (secondary N) is 2. The summed E-state index contributed by atoms with van der Waals surface area (Å²) in [7, 11) is 0. The Morgan fingerprint density at radius 2 is 0.833 bits per heavy atom. The fourth-order valence-corrected chi connectivity index (χ4v) is 2.97. The molecule has 0 bridgehead atoms. The molecule has 2 atom stereocenters. The van der Waals surface area contributed by atoms with Gasteiger partial charge in [0.15, 0.2) is 0 Å². The monoisotopic (exact) mass is 324 g/mol. The first-order chi connectivity index (χ1) is 11.2. The Morgan fingerprint density at radius 3 is 1.08 bits per heavy atom. The molecule has 0 aromatic heterocycles. The van der Waals surface area contributed by atoms with E-state index in [-0.39, 0.29) is 23.2 Å². The van der Waals surface area contributed by atoms with Crippen molar-refractivity contribution in [2.75, 3.05) is 0 Å². The fraction of sp³-hybridized carbons (Fsp3) is 0.455. The predicted octanol–water partition coefficient (Wildman–Crippen LogP) is 5.25. The zero-order valence-corrected chi connectivity index (χ0v) is 15.9. The summed E-state index contributed by atoms with van der Waals surface area (Å²) in [6, 6.07) is 21.8. The van der Waals surface area contributed by atoms with E-state index in [1.165, 1.54) is 11.1 Å². The van der Waals surface area contributed by atoms with E-state index in [0.717, 1.165) is 0 Å². The van der Waals surface area contributed by atoms with E-state index < -0.39 is 0 Å². The third-order valence-electron chi connectivity index (χ3n) is 3.83. The van der Waals surface area contributed by atoms with Crippen molar-refractivity contribution in [3.63, 3.8) is 0 Å². The van der Waals surface area contributed by atoms with Crippen molar-refractivity contribution < 1.29 is 0 Å². The maximum Gasteiger partial charge on any atom is 0.0522 e. The Hall–Kier alpha value is -1.64. The van der Waals surface area contributed by atoms with Crippen LogP contribution in [0.2, 0.25) is 0 Å². The summed E-state index contributed by atoms with van der Waals surface area (Å²) in [4.78, 5) is 0. The topological polar surface area (TPSA) is 24.1 Å². The molecular formula is C22H32N2. The van der Waals surface area contributed by atoms with Crippen LogP contribution in [0.5, 0.6) is 0 Å². The number of benzene rings is 2. The molecule has 2 aromatic carbocycles. The highest BCUT2D eigenvalue weighted by atomic mass is 15.1. The molecule has 0 heterocycles. The van der Waals surface area contributed by atoms with Crippen molar-refractivity contribution in [3.8, 4) is 0 Å². The van der Waals surface area contributed by atoms with Crippen molar-refractivity contribution in [2.24, 2.45) is 0 Å². The quantitative estimate of drug-likeness (QED) is 0.785. The van der Waals surface area contributed by atoms with Crippen LogP contribution >= 0.6 is 0 Å². The van der Waals surface area contributed by atoms with Gasteiger partial charge in [-0.1, -0.05) is 60.7 Å². The molecule has 0 fully saturated rings. The lowest BCUT2D eigenvalue weighted by molar-refractivity contribution is 0.259. The van der Waals surface area contributed by atoms with Gasteiger partial charge in [0.05, 0.1) is 12.1 Å². The lowest BCUT2D eigenvalue weighted by atomic mass is 9.89. The summed E-state index contributed by atoms with van der Waals surface area (Å²) >= 11 is 0. The van der Waals surface area contributed by atoms with E-state index in [4.69, 9.17) is 0 Å². The molecule has 0 aliphatic heterocycles. The second-order valence-corrected chi connectivity index (χ2v) is 8.57. The number of hydrogen-bond donors (Lipinski definition) is 2. The van der Waals surface area contributed by atoms with Crippen LogP contribution in [-0.4, -0.2) is 11.1 Å². The molecule has 2 nitrogen and oxygen atoms in total. The van der Waals surface area contributed by atoms with E-state index in [9.17, 15) is 0 Å². The molecular weight excluding hydrogens is 292 g/mol. The normalized spacial score (nSPS) is 15.1. The van der Waals surface area contributed by atoms with Crippen molar-refractivity contribution in [1.82, 2.24) is 10.6 Å². The Bertz CT molecular complexity index is 548. The number of rotatable bonds is 5. The minimum absolute atomic E-state index is 0.0209. The highest BCUT2D eigenvalue weighted by molar-refractivity contribution is 5.28. The zero-order valence-electron chi connectivity index (χ0n) is 15.9. The maximum atomic E-state index is 3.83. The van der Waals surface area contributed by atoms with Gasteiger partial charge in [-0.2, -0.15) is 0 Å². The van der Waals surface area contributed by atoms with E-state index in [1.807, 2.05) is 0 Å². The minimum Gasteiger partial charge on any atom is -0.304 e. The summed E-state index contributed by atoms with van der Waals surface area (Å²) in [5.74, 6) is 0. The molecule has 2 heteroatoms. The van der Waals surface area contributed by atoms with Gasteiger partial charge in [0.2, 0.25) is 0 Å². The lowest BCUT2D eigenvalue weighted by Crippen LogP contribution is -2.48. The van der Waals surface area contributed by atoms with Crippen LogP contribution in [0.3, 0.4) is 0 Å². The van der Waals surface area contributed by atoms with Gasteiger partial charge in [0.1, 0.15) is 0 Å². The van der Waals surface area contributed by atoms with Gasteiger partial charge in [-0.05, 0) is 52.7 Å². The van der Waals surface area contributed by atoms with Crippen molar-refractivity contribution in [3.05, 3.63) is 71.8 Å². The van der Waals surface area contributed by atoms with Gasteiger partial charge in [-0.25, -0.2) is 0 Å². The summed E-state index contributed by atoms with van der Waals surface area (Å²) in [5.41, 5.74) is 2.65. The van der Waals surface area contributed by atoms with Crippen LogP contribution in [0, 0.1) is 0 Å². The second-order valence-electron chi connectivity index (χ2n) is 8.57. The molecule has 0 unspecified atom stereocenters. The first kappa shape index (κ1) is 18.7. The van der Waals surface area contributed by atoms with Crippen molar-refractivity contribution >= 4 is 0 Å². The van der Waals surface area contributed by atoms with E-state index in [1.54, 1.807) is 0 Å². The molecule has 130 valence electrons. The highest BCUT2D eigenvalue weighted by Crippen LogP contribution is 2.32. The van der Waals surface area contributed by atoms with Gasteiger partial charge in [-0.15, -0.1) is 0 Å². The van der Waals surface area contributed by atoms with Gasteiger partial charge < -0.3 is 10.6 Å². The summed E-state index contributed by atoms with van der Waals surface area (Å²) < 4.78 is 0. The molecule has 0 spiro atoms. The Kier molecular flexibility index (Phi) is 5.84. The standard InChI is InChI=1S/C22H32N2/c1-21(2,3)23-19(17-13-9-7-10-14-17)20(24-22(4,5)6)18-15-11-8-12-16-18/h7-16,19-20,23-24H,1-6H3/t19-,20-/m0/s1. The average molecular weight is 325 g/mol. The minimum atomic E-state index is 0.0209. The SMILES string of the molecule is CC(C)(C)N[C@@H](c1ccccc1)[C@@H](NC(C)(C)C)c1ccccc1. The van der Waals surface area contributed by atoms with Crippen molar-refractivity contribution in [2.45, 2.75) is 64.7 Å². The van der Waals surface area contributed by atoms with Crippen LogP contribution in [-0.2, 0) is 0 Å². The fourth-order valence-electron chi connectivity index (χ4n) is 2.97. The predicted molar refractivity (Wildman–Crippen MR) is 104 cm³/mol. The molecule has 0 amide bonds. The molecule has 0 aliphatic rings. The summed E-state index contributed by atoms with van der Waals surface area (Å²) in [6.45, 7) is 13.3. The van der Waals surface area contributed by atoms with E-state index in [2.05, 4.69) is 113 Å². The second kappa shape index (κ2) is 7.50. The van der Waals surface area contributed by atoms with Gasteiger partial charge >= 0.3 is 0 Å². The summed E-state index contributed by atoms with van der Waals surface area (Å²) in [5, 5.41) is 7.66. The molecule has 0 saturated heterocycles. The first-order valence-electron chi connectivity index (χ1n) is 8.81. The van der Waals surface area contributed by atoms with Crippen LogP contribution in [0.15, 0.2) is 60.7 Å². The maximum absolute atomic E-state index is 3.83. The van der Waals surface area contributed by atoms with E-state index >= 15 is 0 Å². The van der Waals surface area contributed by atoms with Gasteiger partial charge in [-0.3, -0.25) is 0 Å². The molecule has 0 saturated carbocycles. The molecule has 2 rings (SSSR count). The molecule has 2 aromatic rings. The Balaban J connectivity index is 2.47. The van der Waals surface area contributed by atoms with E-state index in [0.29, 0.717) is 0 Å². The lowest BCUT2D eigenvalue weighted by Gasteiger charge is -2.39. The smallest absolute Gasteiger partial charge is 0.0522 e. The largest absolute Gasteiger partial charge is 0.304 e. The molecule has 0 aliphatic carbocycles. The molecule has 0 radical (unpaired) electrons. The zero-order chi connectivity index (χ0) is 17.8. The number of hydrogen-bond acceptors (Lipinski definition) is 2. The van der Waals surface area contributed by atoms with Gasteiger partial charge in [0.25, 0.3) is 0 Å². The van der Waals surface area contributed by atoms with Crippen LogP contribution in [0.4, 0.5) is 0 Å². The highest BCUT2D eigenvalue weighted by Gasteiger charge is 2.30. The third-order valence-corrected chi connectivity index (χ3v) is 3.83. The summed E-state index contributed by atoms with van der Waals surface area (Å²) in [6.07, 6.45) is 0. The molecule has 2 N–H and O–H groups in total. The van der Waals surface area contributed by atoms with Crippen LogP contribution in [0.1, 0.15) is 64.8 Å². The van der Waals surface area contributed by atoms with Crippen LogP contribution in [0.25, 0.3) is 0 Å². The van der Waals surface area contributed by atoms with Crippen LogP contribution < -0.4 is 10.6 Å². The molecule has 24 heavy (non-hydrogen) atoms. The first-order valence-corrected chi connectivity index (χ1v) is 8.81. The third kappa shape index (κ3) is 5.77. The van der Waals surface area contributed by atoms with Crippen molar-refractivity contribution in [1.29, 1.82) is 0 Å². The Morgan fingerprint density at radius 1 is 0.542 bits per heavy atom. The van der Waals surface area contributed by atoms with Gasteiger partial charge in [0, 0.05) is 11.1 Å². The Labute approximate surface area is 147 Å².